The van der Waals surface area contributed by atoms with Crippen molar-refractivity contribution in [1.29, 1.82) is 0 Å². The number of thioether (sulfide) groups is 1. The fourth-order valence-electron chi connectivity index (χ4n) is 3.53. The first kappa shape index (κ1) is 22.1. The van der Waals surface area contributed by atoms with Crippen LogP contribution in [0.3, 0.4) is 0 Å². The number of aryl methyl sites for hydroxylation is 2. The van der Waals surface area contributed by atoms with E-state index < -0.39 is 0 Å². The molecule has 0 atom stereocenters. The average molecular weight is 423 g/mol. The minimum atomic E-state index is -0.0352. The van der Waals surface area contributed by atoms with Crippen LogP contribution in [0.2, 0.25) is 0 Å². The van der Waals surface area contributed by atoms with E-state index in [9.17, 15) is 4.79 Å². The fourth-order valence-corrected chi connectivity index (χ4v) is 4.32. The molecule has 1 amide bonds. The molecule has 0 aliphatic carbocycles. The van der Waals surface area contributed by atoms with Crippen LogP contribution in [0.4, 0.5) is 5.69 Å². The van der Waals surface area contributed by atoms with Crippen LogP contribution in [0, 0.1) is 13.8 Å². The molecule has 6 heteroatoms. The Kier molecular flexibility index (Phi) is 6.98. The molecule has 30 heavy (non-hydrogen) atoms. The van der Waals surface area contributed by atoms with E-state index in [1.807, 2.05) is 29.7 Å². The van der Waals surface area contributed by atoms with Crippen molar-refractivity contribution in [3.63, 3.8) is 0 Å². The zero-order chi connectivity index (χ0) is 21.8. The Labute approximate surface area is 183 Å². The van der Waals surface area contributed by atoms with Gasteiger partial charge in [-0.15, -0.1) is 10.2 Å². The van der Waals surface area contributed by atoms with Gasteiger partial charge in [0.2, 0.25) is 5.91 Å². The number of hydrogen-bond acceptors (Lipinski definition) is 4. The minimum absolute atomic E-state index is 0.0352. The van der Waals surface area contributed by atoms with Crippen LogP contribution in [0.15, 0.2) is 47.6 Å². The highest BCUT2D eigenvalue weighted by Gasteiger charge is 2.18. The molecule has 0 radical (unpaired) electrons. The Bertz CT molecular complexity index is 1010. The molecule has 2 aromatic carbocycles. The smallest absolute Gasteiger partial charge is 0.234 e. The van der Waals surface area contributed by atoms with Gasteiger partial charge in [-0.25, -0.2) is 0 Å². The molecule has 5 nitrogen and oxygen atoms in total. The Morgan fingerprint density at radius 1 is 0.967 bits per heavy atom. The molecule has 0 fully saturated rings. The third-order valence-electron chi connectivity index (χ3n) is 5.12. The third-order valence-corrected chi connectivity index (χ3v) is 6.05. The molecule has 0 aliphatic rings. The number of para-hydroxylation sites is 2. The third kappa shape index (κ3) is 4.75. The molecule has 0 unspecified atom stereocenters. The highest BCUT2D eigenvalue weighted by atomic mass is 32.2. The molecular formula is C24H30N4OS. The molecule has 3 aromatic rings. The van der Waals surface area contributed by atoms with Crippen molar-refractivity contribution >= 4 is 23.4 Å². The molecule has 158 valence electrons. The van der Waals surface area contributed by atoms with E-state index in [0.717, 1.165) is 27.9 Å². The molecule has 3 rings (SSSR count). The molecule has 0 bridgehead atoms. The number of hydrogen-bond donors (Lipinski definition) is 1. The van der Waals surface area contributed by atoms with Crippen LogP contribution < -0.4 is 5.32 Å². The van der Waals surface area contributed by atoms with E-state index in [4.69, 9.17) is 0 Å². The van der Waals surface area contributed by atoms with Gasteiger partial charge in [0.15, 0.2) is 5.16 Å². The monoisotopic (exact) mass is 422 g/mol. The molecular weight excluding hydrogens is 392 g/mol. The SMILES string of the molecule is Cc1ccccc1-n1c(C)nnc1SCC(=O)Nc1c(C(C)C)cccc1C(C)C. The van der Waals surface area contributed by atoms with Crippen molar-refractivity contribution in [2.24, 2.45) is 0 Å². The topological polar surface area (TPSA) is 59.8 Å². The Hall–Kier alpha value is -2.60. The van der Waals surface area contributed by atoms with Gasteiger partial charge < -0.3 is 5.32 Å². The van der Waals surface area contributed by atoms with Crippen LogP contribution in [0.1, 0.15) is 62.0 Å². The van der Waals surface area contributed by atoms with E-state index in [2.05, 4.69) is 74.4 Å². The highest BCUT2D eigenvalue weighted by Crippen LogP contribution is 2.33. The van der Waals surface area contributed by atoms with Crippen LogP contribution in [-0.4, -0.2) is 26.4 Å². The highest BCUT2D eigenvalue weighted by molar-refractivity contribution is 7.99. The van der Waals surface area contributed by atoms with Crippen molar-refractivity contribution in [3.05, 3.63) is 65.0 Å². The summed E-state index contributed by atoms with van der Waals surface area (Å²) in [6.45, 7) is 12.6. The quantitative estimate of drug-likeness (QED) is 0.484. The van der Waals surface area contributed by atoms with Crippen molar-refractivity contribution in [2.75, 3.05) is 11.1 Å². The maximum absolute atomic E-state index is 12.9. The summed E-state index contributed by atoms with van der Waals surface area (Å²) >= 11 is 1.40. The number of nitrogens with one attached hydrogen (secondary N) is 1. The van der Waals surface area contributed by atoms with Crippen LogP contribution in [-0.2, 0) is 4.79 Å². The van der Waals surface area contributed by atoms with Gasteiger partial charge in [-0.2, -0.15) is 0 Å². The molecule has 1 aromatic heterocycles. The molecule has 1 heterocycles. The lowest BCUT2D eigenvalue weighted by Gasteiger charge is -2.20. The minimum Gasteiger partial charge on any atom is -0.325 e. The van der Waals surface area contributed by atoms with Gasteiger partial charge in [0.25, 0.3) is 0 Å². The van der Waals surface area contributed by atoms with E-state index in [1.165, 1.54) is 22.9 Å². The Balaban J connectivity index is 1.80. The van der Waals surface area contributed by atoms with Gasteiger partial charge in [-0.1, -0.05) is 75.9 Å². The van der Waals surface area contributed by atoms with E-state index in [1.54, 1.807) is 0 Å². The van der Waals surface area contributed by atoms with E-state index in [-0.39, 0.29) is 11.7 Å². The van der Waals surface area contributed by atoms with Crippen molar-refractivity contribution in [3.8, 4) is 5.69 Å². The number of nitrogens with zero attached hydrogens (tertiary/aromatic N) is 3. The fraction of sp³-hybridized carbons (Fsp3) is 0.375. The molecule has 0 saturated heterocycles. The van der Waals surface area contributed by atoms with Gasteiger partial charge in [0.1, 0.15) is 5.82 Å². The summed E-state index contributed by atoms with van der Waals surface area (Å²) in [4.78, 5) is 12.9. The standard InChI is InChI=1S/C24H30N4OS/c1-15(2)19-11-9-12-20(16(3)4)23(19)25-22(29)14-30-24-27-26-18(6)28(24)21-13-8-7-10-17(21)5/h7-13,15-16H,14H2,1-6H3,(H,25,29). The zero-order valence-corrected chi connectivity index (χ0v) is 19.4. The number of carbonyl (C=O) groups excluding carboxylic acids is 1. The number of aromatic nitrogens is 3. The van der Waals surface area contributed by atoms with Gasteiger partial charge in [-0.05, 0) is 48.4 Å². The van der Waals surface area contributed by atoms with Gasteiger partial charge in [-0.3, -0.25) is 9.36 Å². The van der Waals surface area contributed by atoms with Crippen LogP contribution in [0.5, 0.6) is 0 Å². The van der Waals surface area contributed by atoms with Gasteiger partial charge in [0, 0.05) is 5.69 Å². The molecule has 0 aliphatic heterocycles. The lowest BCUT2D eigenvalue weighted by molar-refractivity contribution is -0.113. The number of amides is 1. The number of benzene rings is 2. The summed E-state index contributed by atoms with van der Waals surface area (Å²) in [7, 11) is 0. The Morgan fingerprint density at radius 3 is 2.20 bits per heavy atom. The second-order valence-corrected chi connectivity index (χ2v) is 9.05. The molecule has 0 spiro atoms. The number of anilines is 1. The predicted molar refractivity (Wildman–Crippen MR) is 125 cm³/mol. The second kappa shape index (κ2) is 9.47. The maximum atomic E-state index is 12.9. The lowest BCUT2D eigenvalue weighted by atomic mass is 9.92. The predicted octanol–water partition coefficient (Wildman–Crippen LogP) is 5.86. The normalized spacial score (nSPS) is 11.3. The lowest BCUT2D eigenvalue weighted by Crippen LogP contribution is -2.18. The first-order valence-corrected chi connectivity index (χ1v) is 11.3. The summed E-state index contributed by atoms with van der Waals surface area (Å²) in [5.41, 5.74) is 5.45. The second-order valence-electron chi connectivity index (χ2n) is 8.11. The number of carbonyl (C=O) groups is 1. The summed E-state index contributed by atoms with van der Waals surface area (Å²) in [6.07, 6.45) is 0. The maximum Gasteiger partial charge on any atom is 0.234 e. The summed E-state index contributed by atoms with van der Waals surface area (Å²) < 4.78 is 2.01. The van der Waals surface area contributed by atoms with Crippen molar-refractivity contribution < 1.29 is 4.79 Å². The first-order chi connectivity index (χ1) is 14.3. The summed E-state index contributed by atoms with van der Waals surface area (Å²) in [5.74, 6) is 1.71. The van der Waals surface area contributed by atoms with Crippen molar-refractivity contribution in [1.82, 2.24) is 14.8 Å². The largest absolute Gasteiger partial charge is 0.325 e. The van der Waals surface area contributed by atoms with Crippen LogP contribution in [0.25, 0.3) is 5.69 Å². The summed E-state index contributed by atoms with van der Waals surface area (Å²) in [5, 5.41) is 12.4. The Morgan fingerprint density at radius 2 is 1.60 bits per heavy atom. The molecule has 1 N–H and O–H groups in total. The van der Waals surface area contributed by atoms with Crippen LogP contribution >= 0.6 is 11.8 Å². The average Bonchev–Trinajstić information content (AvgIpc) is 3.07. The zero-order valence-electron chi connectivity index (χ0n) is 18.6. The summed E-state index contributed by atoms with van der Waals surface area (Å²) in [6, 6.07) is 14.4. The number of rotatable bonds is 7. The van der Waals surface area contributed by atoms with E-state index >= 15 is 0 Å². The van der Waals surface area contributed by atoms with Crippen molar-refractivity contribution in [2.45, 2.75) is 58.5 Å². The van der Waals surface area contributed by atoms with Gasteiger partial charge >= 0.3 is 0 Å². The molecule has 0 saturated carbocycles. The van der Waals surface area contributed by atoms with Gasteiger partial charge in [0.05, 0.1) is 11.4 Å². The van der Waals surface area contributed by atoms with E-state index in [0.29, 0.717) is 11.8 Å². The first-order valence-electron chi connectivity index (χ1n) is 10.3.